The molecule has 0 radical (unpaired) electrons. The Kier molecular flexibility index (Phi) is 8.41. The quantitative estimate of drug-likeness (QED) is 0.286. The van der Waals surface area contributed by atoms with Crippen LogP contribution in [0.15, 0.2) is 47.6 Å². The summed E-state index contributed by atoms with van der Waals surface area (Å²) in [5.74, 6) is -0.289. The van der Waals surface area contributed by atoms with Crippen LogP contribution >= 0.6 is 24.0 Å². The third-order valence-electron chi connectivity index (χ3n) is 5.70. The SMILES string of the molecule is CN=C(NCc1cn2c(C)cccc2n1)NC1CCCN(Cc2c(F)cccc2F)C1.I. The summed E-state index contributed by atoms with van der Waals surface area (Å²) < 4.78 is 30.1. The standard InChI is InChI=1S/C23H28F2N6.HI/c1-16-6-3-10-22-28-18(14-31(16)22)12-27-23(26-2)29-17-7-5-11-30(13-17)15-19-20(24)8-4-9-21(19)25;/h3-4,6,8-10,14,17H,5,7,11-13,15H2,1-2H3,(H2,26,27,29);1H. The van der Waals surface area contributed by atoms with E-state index in [1.54, 1.807) is 7.05 Å². The third kappa shape index (κ3) is 5.74. The summed E-state index contributed by atoms with van der Waals surface area (Å²) in [6.07, 6.45) is 3.96. The van der Waals surface area contributed by atoms with E-state index in [-0.39, 0.29) is 42.1 Å². The Bertz CT molecular complexity index is 1060. The van der Waals surface area contributed by atoms with Crippen molar-refractivity contribution in [2.45, 2.75) is 38.9 Å². The number of hydrogen-bond acceptors (Lipinski definition) is 3. The van der Waals surface area contributed by atoms with E-state index in [9.17, 15) is 8.78 Å². The molecule has 4 rings (SSSR count). The van der Waals surface area contributed by atoms with Gasteiger partial charge in [0.05, 0.1) is 12.2 Å². The van der Waals surface area contributed by atoms with Crippen LogP contribution < -0.4 is 10.6 Å². The first-order chi connectivity index (χ1) is 15.0. The van der Waals surface area contributed by atoms with Gasteiger partial charge in [0, 0.05) is 43.6 Å². The lowest BCUT2D eigenvalue weighted by molar-refractivity contribution is 0.188. The van der Waals surface area contributed by atoms with Gasteiger partial charge in [0.15, 0.2) is 5.96 Å². The Morgan fingerprint density at radius 3 is 2.66 bits per heavy atom. The Hall–Kier alpha value is -2.27. The molecule has 0 spiro atoms. The molecular weight excluding hydrogens is 525 g/mol. The Morgan fingerprint density at radius 2 is 1.94 bits per heavy atom. The molecule has 1 fully saturated rings. The van der Waals surface area contributed by atoms with Gasteiger partial charge in [-0.25, -0.2) is 13.8 Å². The largest absolute Gasteiger partial charge is 0.352 e. The maximum Gasteiger partial charge on any atom is 0.191 e. The van der Waals surface area contributed by atoms with Crippen molar-refractivity contribution >= 4 is 35.6 Å². The maximum atomic E-state index is 14.0. The van der Waals surface area contributed by atoms with E-state index < -0.39 is 11.6 Å². The summed E-state index contributed by atoms with van der Waals surface area (Å²) in [7, 11) is 1.73. The van der Waals surface area contributed by atoms with Crippen molar-refractivity contribution in [3.8, 4) is 0 Å². The molecule has 172 valence electrons. The highest BCUT2D eigenvalue weighted by Gasteiger charge is 2.22. The van der Waals surface area contributed by atoms with Crippen molar-refractivity contribution in [3.63, 3.8) is 0 Å². The smallest absolute Gasteiger partial charge is 0.191 e. The van der Waals surface area contributed by atoms with E-state index in [2.05, 4.69) is 29.9 Å². The number of likely N-dealkylation sites (tertiary alicyclic amines) is 1. The number of hydrogen-bond donors (Lipinski definition) is 2. The lowest BCUT2D eigenvalue weighted by atomic mass is 10.0. The molecule has 2 aromatic heterocycles. The van der Waals surface area contributed by atoms with Crippen LogP contribution in [0.5, 0.6) is 0 Å². The molecule has 1 aliphatic heterocycles. The summed E-state index contributed by atoms with van der Waals surface area (Å²) in [4.78, 5) is 11.1. The number of aromatic nitrogens is 2. The summed E-state index contributed by atoms with van der Waals surface area (Å²) in [6.45, 7) is 4.38. The van der Waals surface area contributed by atoms with Gasteiger partial charge in [-0.3, -0.25) is 9.89 Å². The summed E-state index contributed by atoms with van der Waals surface area (Å²) >= 11 is 0. The van der Waals surface area contributed by atoms with Crippen LogP contribution in [0.1, 0.15) is 29.8 Å². The minimum atomic E-state index is -0.491. The maximum absolute atomic E-state index is 14.0. The Labute approximate surface area is 204 Å². The van der Waals surface area contributed by atoms with E-state index in [1.807, 2.05) is 31.3 Å². The first kappa shape index (κ1) is 24.4. The minimum absolute atomic E-state index is 0. The monoisotopic (exact) mass is 554 g/mol. The number of aryl methyl sites for hydroxylation is 1. The molecule has 1 aliphatic rings. The molecular formula is C23H29F2IN6. The molecule has 2 N–H and O–H groups in total. The van der Waals surface area contributed by atoms with Gasteiger partial charge < -0.3 is 15.0 Å². The fourth-order valence-corrected chi connectivity index (χ4v) is 4.07. The number of nitrogens with zero attached hydrogens (tertiary/aromatic N) is 4. The van der Waals surface area contributed by atoms with Crippen molar-refractivity contribution < 1.29 is 8.78 Å². The predicted molar refractivity (Wildman–Crippen MR) is 133 cm³/mol. The van der Waals surface area contributed by atoms with Gasteiger partial charge in [-0.2, -0.15) is 0 Å². The number of rotatable bonds is 5. The van der Waals surface area contributed by atoms with Crippen molar-refractivity contribution in [2.75, 3.05) is 20.1 Å². The van der Waals surface area contributed by atoms with Crippen molar-refractivity contribution in [1.82, 2.24) is 24.9 Å². The molecule has 1 unspecified atom stereocenters. The zero-order valence-electron chi connectivity index (χ0n) is 18.3. The van der Waals surface area contributed by atoms with Crippen LogP contribution in [0.25, 0.3) is 5.65 Å². The molecule has 1 aromatic carbocycles. The number of halogens is 3. The number of pyridine rings is 1. The highest BCUT2D eigenvalue weighted by molar-refractivity contribution is 14.0. The summed E-state index contributed by atoms with van der Waals surface area (Å²) in [5.41, 5.74) is 3.11. The zero-order chi connectivity index (χ0) is 21.8. The Morgan fingerprint density at radius 1 is 1.19 bits per heavy atom. The zero-order valence-corrected chi connectivity index (χ0v) is 20.6. The predicted octanol–water partition coefficient (Wildman–Crippen LogP) is 3.87. The molecule has 3 heterocycles. The van der Waals surface area contributed by atoms with E-state index in [0.717, 1.165) is 36.4 Å². The van der Waals surface area contributed by atoms with Gasteiger partial charge in [0.1, 0.15) is 17.3 Å². The van der Waals surface area contributed by atoms with Crippen LogP contribution in [-0.2, 0) is 13.1 Å². The fraction of sp³-hybridized carbons (Fsp3) is 0.391. The lowest BCUT2D eigenvalue weighted by Gasteiger charge is -2.34. The number of benzene rings is 1. The van der Waals surface area contributed by atoms with Crippen molar-refractivity contribution in [2.24, 2.45) is 4.99 Å². The molecule has 1 atom stereocenters. The number of piperidine rings is 1. The second-order valence-electron chi connectivity index (χ2n) is 7.97. The number of imidazole rings is 1. The number of fused-ring (bicyclic) bond motifs is 1. The molecule has 0 aliphatic carbocycles. The first-order valence-electron chi connectivity index (χ1n) is 10.6. The van der Waals surface area contributed by atoms with Crippen LogP contribution in [0, 0.1) is 18.6 Å². The fourth-order valence-electron chi connectivity index (χ4n) is 4.07. The summed E-state index contributed by atoms with van der Waals surface area (Å²) in [6, 6.07) is 10.2. The van der Waals surface area contributed by atoms with Crippen LogP contribution in [0.4, 0.5) is 8.78 Å². The van der Waals surface area contributed by atoms with Crippen LogP contribution in [0.3, 0.4) is 0 Å². The Balaban J connectivity index is 0.00000289. The number of aliphatic imine (C=N–C) groups is 1. The van der Waals surface area contributed by atoms with Crippen LogP contribution in [0.2, 0.25) is 0 Å². The molecule has 3 aromatic rings. The average molecular weight is 554 g/mol. The lowest BCUT2D eigenvalue weighted by Crippen LogP contribution is -2.50. The first-order valence-corrected chi connectivity index (χ1v) is 10.6. The van der Waals surface area contributed by atoms with Gasteiger partial charge in [-0.1, -0.05) is 12.1 Å². The minimum Gasteiger partial charge on any atom is -0.352 e. The molecule has 0 bridgehead atoms. The van der Waals surface area contributed by atoms with E-state index in [4.69, 9.17) is 0 Å². The average Bonchev–Trinajstić information content (AvgIpc) is 3.19. The van der Waals surface area contributed by atoms with E-state index >= 15 is 0 Å². The number of guanidine groups is 1. The van der Waals surface area contributed by atoms with Crippen LogP contribution in [-0.4, -0.2) is 46.4 Å². The normalized spacial score (nSPS) is 17.2. The molecule has 9 heteroatoms. The highest BCUT2D eigenvalue weighted by Crippen LogP contribution is 2.18. The van der Waals surface area contributed by atoms with Gasteiger partial charge in [-0.05, 0) is 50.6 Å². The molecule has 0 amide bonds. The van der Waals surface area contributed by atoms with E-state index in [1.165, 1.54) is 18.2 Å². The second kappa shape index (κ2) is 11.0. The number of nitrogens with one attached hydrogen (secondary N) is 2. The molecule has 1 saturated heterocycles. The topological polar surface area (TPSA) is 57.0 Å². The molecule has 6 nitrogen and oxygen atoms in total. The van der Waals surface area contributed by atoms with Crippen molar-refractivity contribution in [3.05, 3.63) is 71.2 Å². The second-order valence-corrected chi connectivity index (χ2v) is 7.97. The summed E-state index contributed by atoms with van der Waals surface area (Å²) in [5, 5.41) is 6.76. The van der Waals surface area contributed by atoms with E-state index in [0.29, 0.717) is 19.0 Å². The molecule has 32 heavy (non-hydrogen) atoms. The third-order valence-corrected chi connectivity index (χ3v) is 5.70. The van der Waals surface area contributed by atoms with Gasteiger partial charge >= 0.3 is 0 Å². The van der Waals surface area contributed by atoms with Crippen molar-refractivity contribution in [1.29, 1.82) is 0 Å². The molecule has 0 saturated carbocycles. The highest BCUT2D eigenvalue weighted by atomic mass is 127. The van der Waals surface area contributed by atoms with Gasteiger partial charge in [0.25, 0.3) is 0 Å². The van der Waals surface area contributed by atoms with Gasteiger partial charge in [0.2, 0.25) is 0 Å². The van der Waals surface area contributed by atoms with Gasteiger partial charge in [-0.15, -0.1) is 24.0 Å².